The molecule has 1 rings (SSSR count). The molecule has 0 fully saturated rings. The maximum absolute atomic E-state index is 11.7. The zero-order valence-electron chi connectivity index (χ0n) is 15.0. The van der Waals surface area contributed by atoms with Crippen molar-refractivity contribution in [2.24, 2.45) is 5.73 Å². The number of hydrogen-bond acceptors (Lipinski definition) is 6. The SMILES string of the molecule is CNCCOCNCc1cc(CNC(=O)CCNC)cc(C(N)=O)c1. The molecule has 0 atom stereocenters. The first kappa shape index (κ1) is 21.0. The maximum Gasteiger partial charge on any atom is 0.248 e. The van der Waals surface area contributed by atoms with Gasteiger partial charge in [0.1, 0.15) is 0 Å². The van der Waals surface area contributed by atoms with Gasteiger partial charge in [0.05, 0.1) is 13.3 Å². The summed E-state index contributed by atoms with van der Waals surface area (Å²) in [6.45, 7) is 3.34. The molecule has 0 aliphatic heterocycles. The summed E-state index contributed by atoms with van der Waals surface area (Å²) in [6.07, 6.45) is 0.407. The highest BCUT2D eigenvalue weighted by atomic mass is 16.5. The van der Waals surface area contributed by atoms with Gasteiger partial charge in [-0.2, -0.15) is 0 Å². The van der Waals surface area contributed by atoms with E-state index in [0.717, 1.165) is 17.7 Å². The van der Waals surface area contributed by atoms with Gasteiger partial charge in [0.25, 0.3) is 0 Å². The Balaban J connectivity index is 2.58. The minimum absolute atomic E-state index is 0.0450. The van der Waals surface area contributed by atoms with Crippen LogP contribution in [-0.2, 0) is 22.6 Å². The van der Waals surface area contributed by atoms with Crippen molar-refractivity contribution in [2.45, 2.75) is 19.5 Å². The zero-order chi connectivity index (χ0) is 18.5. The van der Waals surface area contributed by atoms with Gasteiger partial charge in [-0.15, -0.1) is 0 Å². The summed E-state index contributed by atoms with van der Waals surface area (Å²) >= 11 is 0. The molecule has 6 N–H and O–H groups in total. The molecule has 0 saturated heterocycles. The number of benzene rings is 1. The lowest BCUT2D eigenvalue weighted by Gasteiger charge is -2.11. The molecule has 1 aromatic rings. The van der Waals surface area contributed by atoms with Crippen LogP contribution in [0.2, 0.25) is 0 Å². The van der Waals surface area contributed by atoms with Crippen LogP contribution in [0.1, 0.15) is 27.9 Å². The van der Waals surface area contributed by atoms with Crippen molar-refractivity contribution in [1.82, 2.24) is 21.3 Å². The molecule has 8 heteroatoms. The van der Waals surface area contributed by atoms with E-state index in [1.54, 1.807) is 19.2 Å². The average Bonchev–Trinajstić information content (AvgIpc) is 2.61. The molecule has 0 spiro atoms. The lowest BCUT2D eigenvalue weighted by Crippen LogP contribution is -2.26. The van der Waals surface area contributed by atoms with E-state index in [2.05, 4.69) is 21.3 Å². The first-order valence-electron chi connectivity index (χ1n) is 8.33. The Kier molecular flexibility index (Phi) is 10.4. The Labute approximate surface area is 148 Å². The van der Waals surface area contributed by atoms with Crippen molar-refractivity contribution in [3.05, 3.63) is 34.9 Å². The minimum Gasteiger partial charge on any atom is -0.366 e. The predicted octanol–water partition coefficient (Wildman–Crippen LogP) is -0.706. The maximum atomic E-state index is 11.7. The molecule has 25 heavy (non-hydrogen) atoms. The van der Waals surface area contributed by atoms with Crippen molar-refractivity contribution in [3.8, 4) is 0 Å². The van der Waals surface area contributed by atoms with Crippen LogP contribution in [0.25, 0.3) is 0 Å². The number of carbonyl (C=O) groups excluding carboxylic acids is 2. The lowest BCUT2D eigenvalue weighted by molar-refractivity contribution is -0.121. The number of likely N-dealkylation sites (N-methyl/N-ethyl adjacent to an activating group) is 1. The van der Waals surface area contributed by atoms with Gasteiger partial charge in [-0.3, -0.25) is 14.9 Å². The van der Waals surface area contributed by atoms with Gasteiger partial charge in [-0.05, 0) is 37.4 Å². The predicted molar refractivity (Wildman–Crippen MR) is 96.9 cm³/mol. The Hall–Kier alpha value is -2.00. The number of rotatable bonds is 13. The number of nitrogens with two attached hydrogens (primary N) is 1. The average molecular weight is 351 g/mol. The van der Waals surface area contributed by atoms with Crippen LogP contribution in [0, 0.1) is 0 Å². The third-order valence-corrected chi connectivity index (χ3v) is 3.46. The largest absolute Gasteiger partial charge is 0.366 e. The van der Waals surface area contributed by atoms with Crippen molar-refractivity contribution in [3.63, 3.8) is 0 Å². The Morgan fingerprint density at radius 2 is 1.72 bits per heavy atom. The van der Waals surface area contributed by atoms with Crippen LogP contribution in [-0.4, -0.2) is 52.3 Å². The fraction of sp³-hybridized carbons (Fsp3) is 0.529. The van der Waals surface area contributed by atoms with Gasteiger partial charge >= 0.3 is 0 Å². The van der Waals surface area contributed by atoms with E-state index < -0.39 is 5.91 Å². The van der Waals surface area contributed by atoms with E-state index >= 15 is 0 Å². The van der Waals surface area contributed by atoms with Gasteiger partial charge in [0.2, 0.25) is 11.8 Å². The molecular formula is C17H29N5O3. The molecule has 0 aliphatic carbocycles. The van der Waals surface area contributed by atoms with Crippen LogP contribution >= 0.6 is 0 Å². The summed E-state index contributed by atoms with van der Waals surface area (Å²) in [4.78, 5) is 23.2. The summed E-state index contributed by atoms with van der Waals surface area (Å²) < 4.78 is 5.39. The van der Waals surface area contributed by atoms with Gasteiger partial charge in [0.15, 0.2) is 0 Å². The van der Waals surface area contributed by atoms with Crippen molar-refractivity contribution in [2.75, 3.05) is 40.5 Å². The highest BCUT2D eigenvalue weighted by Crippen LogP contribution is 2.10. The van der Waals surface area contributed by atoms with Crippen LogP contribution in [0.4, 0.5) is 0 Å². The number of carbonyl (C=O) groups is 2. The quantitative estimate of drug-likeness (QED) is 0.237. The van der Waals surface area contributed by atoms with E-state index in [-0.39, 0.29) is 5.91 Å². The standard InChI is InChI=1S/C17H29N5O3/c1-19-4-3-16(23)22-11-14-7-13(8-15(9-14)17(18)24)10-21-12-25-6-5-20-2/h7-9,19-21H,3-6,10-12H2,1-2H3,(H2,18,24)(H,22,23). The molecule has 0 aliphatic rings. The normalized spacial score (nSPS) is 10.6. The summed E-state index contributed by atoms with van der Waals surface area (Å²) in [5, 5.41) is 11.9. The third-order valence-electron chi connectivity index (χ3n) is 3.46. The van der Waals surface area contributed by atoms with Gasteiger partial charge < -0.3 is 26.4 Å². The van der Waals surface area contributed by atoms with Crippen molar-refractivity contribution < 1.29 is 14.3 Å². The Morgan fingerprint density at radius 1 is 1.04 bits per heavy atom. The first-order chi connectivity index (χ1) is 12.1. The van der Waals surface area contributed by atoms with Gasteiger partial charge in [-0.1, -0.05) is 6.07 Å². The molecule has 2 amide bonds. The second-order valence-electron chi connectivity index (χ2n) is 5.62. The molecule has 1 aromatic carbocycles. The number of hydrogen-bond donors (Lipinski definition) is 5. The number of amides is 2. The molecule has 0 aromatic heterocycles. The first-order valence-corrected chi connectivity index (χ1v) is 8.33. The van der Waals surface area contributed by atoms with Gasteiger partial charge in [0, 0.05) is 38.2 Å². The van der Waals surface area contributed by atoms with E-state index in [1.165, 1.54) is 0 Å². The van der Waals surface area contributed by atoms with E-state index in [1.807, 2.05) is 13.1 Å². The fourth-order valence-electron chi connectivity index (χ4n) is 2.15. The van der Waals surface area contributed by atoms with Crippen molar-refractivity contribution in [1.29, 1.82) is 0 Å². The van der Waals surface area contributed by atoms with E-state index in [9.17, 15) is 9.59 Å². The van der Waals surface area contributed by atoms with E-state index in [4.69, 9.17) is 10.5 Å². The third kappa shape index (κ3) is 9.16. The smallest absolute Gasteiger partial charge is 0.248 e. The number of ether oxygens (including phenoxy) is 1. The number of primary amides is 1. The van der Waals surface area contributed by atoms with Crippen molar-refractivity contribution >= 4 is 11.8 Å². The molecular weight excluding hydrogens is 322 g/mol. The molecule has 0 unspecified atom stereocenters. The molecule has 140 valence electrons. The summed E-state index contributed by atoms with van der Waals surface area (Å²) in [6, 6.07) is 5.38. The summed E-state index contributed by atoms with van der Waals surface area (Å²) in [5.74, 6) is -0.536. The number of nitrogens with one attached hydrogen (secondary N) is 4. The summed E-state index contributed by atoms with van der Waals surface area (Å²) in [5.41, 5.74) is 7.57. The van der Waals surface area contributed by atoms with Crippen LogP contribution < -0.4 is 27.0 Å². The van der Waals surface area contributed by atoms with Crippen LogP contribution in [0.5, 0.6) is 0 Å². The van der Waals surface area contributed by atoms with Gasteiger partial charge in [-0.25, -0.2) is 0 Å². The molecule has 0 bridgehead atoms. The van der Waals surface area contributed by atoms with Crippen LogP contribution in [0.15, 0.2) is 18.2 Å². The second kappa shape index (κ2) is 12.4. The monoisotopic (exact) mass is 351 g/mol. The minimum atomic E-state index is -0.491. The Bertz CT molecular complexity index is 551. The molecule has 0 radical (unpaired) electrons. The van der Waals surface area contributed by atoms with Crippen LogP contribution in [0.3, 0.4) is 0 Å². The highest BCUT2D eigenvalue weighted by Gasteiger charge is 2.07. The highest BCUT2D eigenvalue weighted by molar-refractivity contribution is 5.93. The zero-order valence-corrected chi connectivity index (χ0v) is 15.0. The molecule has 0 heterocycles. The topological polar surface area (TPSA) is 118 Å². The fourth-order valence-corrected chi connectivity index (χ4v) is 2.15. The summed E-state index contributed by atoms with van der Waals surface area (Å²) in [7, 11) is 3.66. The lowest BCUT2D eigenvalue weighted by atomic mass is 10.0. The van der Waals surface area contributed by atoms with E-state index in [0.29, 0.717) is 45.0 Å². The Morgan fingerprint density at radius 3 is 2.36 bits per heavy atom. The molecule has 8 nitrogen and oxygen atoms in total. The second-order valence-corrected chi connectivity index (χ2v) is 5.62. The molecule has 0 saturated carbocycles.